The van der Waals surface area contributed by atoms with E-state index in [0.717, 1.165) is 29.3 Å². The van der Waals surface area contributed by atoms with Crippen LogP contribution in [0.25, 0.3) is 0 Å². The van der Waals surface area contributed by atoms with Crippen molar-refractivity contribution in [2.24, 2.45) is 10.8 Å². The molecule has 1 atom stereocenters. The first kappa shape index (κ1) is 16.0. The summed E-state index contributed by atoms with van der Waals surface area (Å²) in [5.41, 5.74) is 11.8. The fourth-order valence-electron chi connectivity index (χ4n) is 2.94. The third kappa shape index (κ3) is 3.41. The van der Waals surface area contributed by atoms with Crippen molar-refractivity contribution in [2.45, 2.75) is 32.7 Å². The summed E-state index contributed by atoms with van der Waals surface area (Å²) in [4.78, 5) is 0. The first-order valence-electron chi connectivity index (χ1n) is 7.97. The Morgan fingerprint density at radius 1 is 1.13 bits per heavy atom. The largest absolute Gasteiger partial charge is 0.330 e. The summed E-state index contributed by atoms with van der Waals surface area (Å²) in [7, 11) is 0. The highest BCUT2D eigenvalue weighted by Gasteiger charge is 2.28. The van der Waals surface area contributed by atoms with Gasteiger partial charge in [0.15, 0.2) is 0 Å². The fourth-order valence-corrected chi connectivity index (χ4v) is 3.07. The molecule has 2 N–H and O–H groups in total. The molecule has 0 aromatic heterocycles. The van der Waals surface area contributed by atoms with Gasteiger partial charge in [-0.15, -0.1) is 0 Å². The van der Waals surface area contributed by atoms with Gasteiger partial charge in [-0.25, -0.2) is 0 Å². The van der Waals surface area contributed by atoms with Gasteiger partial charge in [-0.3, -0.25) is 5.01 Å². The Morgan fingerprint density at radius 3 is 2.52 bits per heavy atom. The van der Waals surface area contributed by atoms with E-state index in [9.17, 15) is 0 Å². The summed E-state index contributed by atoms with van der Waals surface area (Å²) in [6.07, 6.45) is 1.75. The van der Waals surface area contributed by atoms with E-state index in [0.29, 0.717) is 6.54 Å². The summed E-state index contributed by atoms with van der Waals surface area (Å²) < 4.78 is 0. The van der Waals surface area contributed by atoms with Crippen LogP contribution < -0.4 is 10.7 Å². The predicted octanol–water partition coefficient (Wildman–Crippen LogP) is 4.61. The number of hydrazone groups is 1. The molecule has 1 unspecified atom stereocenters. The first-order valence-corrected chi connectivity index (χ1v) is 8.34. The molecule has 23 heavy (non-hydrogen) atoms. The third-order valence-corrected chi connectivity index (χ3v) is 4.67. The van der Waals surface area contributed by atoms with Crippen molar-refractivity contribution in [1.29, 1.82) is 0 Å². The van der Waals surface area contributed by atoms with Gasteiger partial charge in [-0.05, 0) is 67.8 Å². The number of benzene rings is 2. The van der Waals surface area contributed by atoms with Gasteiger partial charge in [-0.1, -0.05) is 29.8 Å². The molecule has 0 radical (unpaired) electrons. The van der Waals surface area contributed by atoms with Crippen molar-refractivity contribution >= 4 is 23.0 Å². The van der Waals surface area contributed by atoms with Crippen LogP contribution in [0.5, 0.6) is 0 Å². The second-order valence-electron chi connectivity index (χ2n) is 6.09. The monoisotopic (exact) mass is 327 g/mol. The molecule has 1 heterocycles. The maximum Gasteiger partial charge on any atom is 0.0828 e. The van der Waals surface area contributed by atoms with Crippen molar-refractivity contribution in [3.05, 3.63) is 64.2 Å². The molecule has 0 saturated heterocycles. The number of halogens is 1. The lowest BCUT2D eigenvalue weighted by molar-refractivity contribution is 0.707. The molecule has 0 spiro atoms. The maximum absolute atomic E-state index is 6.03. The average Bonchev–Trinajstić information content (AvgIpc) is 2.95. The molecule has 0 amide bonds. The van der Waals surface area contributed by atoms with E-state index in [1.54, 1.807) is 0 Å². The van der Waals surface area contributed by atoms with Gasteiger partial charge in [0.2, 0.25) is 0 Å². The Kier molecular flexibility index (Phi) is 4.69. The van der Waals surface area contributed by atoms with Gasteiger partial charge in [0.1, 0.15) is 0 Å². The summed E-state index contributed by atoms with van der Waals surface area (Å²) in [5.74, 6) is 0. The smallest absolute Gasteiger partial charge is 0.0828 e. The standard InChI is InChI=1S/C19H22ClN3/c1-13-3-8-18(11-14(13)2)23-19(12-17(22-23)9-10-21)15-4-6-16(20)7-5-15/h3-8,11,19H,9-10,12,21H2,1-2H3. The Hall–Kier alpha value is -1.84. The highest BCUT2D eigenvalue weighted by molar-refractivity contribution is 6.30. The van der Waals surface area contributed by atoms with Crippen LogP contribution in [0.3, 0.4) is 0 Å². The van der Waals surface area contributed by atoms with Crippen LogP contribution in [0.4, 0.5) is 5.69 Å². The molecule has 3 nitrogen and oxygen atoms in total. The van der Waals surface area contributed by atoms with Crippen LogP contribution >= 0.6 is 11.6 Å². The first-order chi connectivity index (χ1) is 11.1. The molecule has 0 aliphatic carbocycles. The van der Waals surface area contributed by atoms with Gasteiger partial charge in [0.05, 0.1) is 11.7 Å². The zero-order valence-corrected chi connectivity index (χ0v) is 14.3. The number of hydrogen-bond acceptors (Lipinski definition) is 3. The predicted molar refractivity (Wildman–Crippen MR) is 98.3 cm³/mol. The molecule has 0 fully saturated rings. The van der Waals surface area contributed by atoms with Gasteiger partial charge < -0.3 is 5.73 Å². The quantitative estimate of drug-likeness (QED) is 0.890. The Balaban J connectivity index is 1.97. The van der Waals surface area contributed by atoms with E-state index in [-0.39, 0.29) is 6.04 Å². The molecular weight excluding hydrogens is 306 g/mol. The average molecular weight is 328 g/mol. The molecule has 1 aliphatic heterocycles. The van der Waals surface area contributed by atoms with E-state index in [1.807, 2.05) is 12.1 Å². The maximum atomic E-state index is 6.03. The van der Waals surface area contributed by atoms with Crippen LogP contribution in [0.1, 0.15) is 35.6 Å². The van der Waals surface area contributed by atoms with E-state index < -0.39 is 0 Å². The number of rotatable bonds is 4. The van der Waals surface area contributed by atoms with Crippen molar-refractivity contribution < 1.29 is 0 Å². The van der Waals surface area contributed by atoms with Crippen LogP contribution in [0.2, 0.25) is 5.02 Å². The number of anilines is 1. The van der Waals surface area contributed by atoms with Crippen LogP contribution in [-0.2, 0) is 0 Å². The van der Waals surface area contributed by atoms with Gasteiger partial charge >= 0.3 is 0 Å². The molecular formula is C19H22ClN3. The third-order valence-electron chi connectivity index (χ3n) is 4.42. The lowest BCUT2D eigenvalue weighted by Gasteiger charge is -2.24. The second kappa shape index (κ2) is 6.73. The number of nitrogens with zero attached hydrogens (tertiary/aromatic N) is 2. The Labute approximate surface area is 142 Å². The van der Waals surface area contributed by atoms with E-state index >= 15 is 0 Å². The van der Waals surface area contributed by atoms with Crippen molar-refractivity contribution in [1.82, 2.24) is 0 Å². The molecule has 1 aliphatic rings. The normalized spacial score (nSPS) is 17.5. The van der Waals surface area contributed by atoms with Gasteiger partial charge in [0, 0.05) is 17.2 Å². The molecule has 4 heteroatoms. The molecule has 0 saturated carbocycles. The molecule has 2 aromatic carbocycles. The van der Waals surface area contributed by atoms with Gasteiger partial charge in [-0.2, -0.15) is 5.10 Å². The minimum Gasteiger partial charge on any atom is -0.330 e. The number of aryl methyl sites for hydroxylation is 2. The van der Waals surface area contributed by atoms with E-state index in [1.165, 1.54) is 16.7 Å². The lowest BCUT2D eigenvalue weighted by atomic mass is 10.00. The number of hydrogen-bond donors (Lipinski definition) is 1. The number of nitrogens with two attached hydrogens (primary N) is 1. The Morgan fingerprint density at radius 2 is 1.87 bits per heavy atom. The SMILES string of the molecule is Cc1ccc(N2N=C(CCN)CC2c2ccc(Cl)cc2)cc1C. The van der Waals surface area contributed by atoms with E-state index in [2.05, 4.69) is 49.2 Å². The fraction of sp³-hybridized carbons (Fsp3) is 0.316. The second-order valence-corrected chi connectivity index (χ2v) is 6.53. The van der Waals surface area contributed by atoms with Crippen molar-refractivity contribution in [3.8, 4) is 0 Å². The van der Waals surface area contributed by atoms with Crippen LogP contribution in [0, 0.1) is 13.8 Å². The highest BCUT2D eigenvalue weighted by Crippen LogP contribution is 2.36. The molecule has 2 aromatic rings. The minimum absolute atomic E-state index is 0.205. The summed E-state index contributed by atoms with van der Waals surface area (Å²) >= 11 is 6.03. The summed E-state index contributed by atoms with van der Waals surface area (Å²) in [6, 6.07) is 14.8. The van der Waals surface area contributed by atoms with E-state index in [4.69, 9.17) is 22.4 Å². The summed E-state index contributed by atoms with van der Waals surface area (Å²) in [5, 5.41) is 7.72. The molecule has 3 rings (SSSR count). The zero-order valence-electron chi connectivity index (χ0n) is 13.6. The summed E-state index contributed by atoms with van der Waals surface area (Å²) in [6.45, 7) is 4.90. The Bertz CT molecular complexity index is 722. The van der Waals surface area contributed by atoms with Crippen LogP contribution in [-0.4, -0.2) is 12.3 Å². The van der Waals surface area contributed by atoms with Gasteiger partial charge in [0.25, 0.3) is 0 Å². The molecule has 0 bridgehead atoms. The zero-order chi connectivity index (χ0) is 16.4. The lowest BCUT2D eigenvalue weighted by Crippen LogP contribution is -2.18. The van der Waals surface area contributed by atoms with Crippen LogP contribution in [0.15, 0.2) is 47.6 Å². The van der Waals surface area contributed by atoms with Crippen molar-refractivity contribution in [3.63, 3.8) is 0 Å². The topological polar surface area (TPSA) is 41.6 Å². The van der Waals surface area contributed by atoms with Crippen molar-refractivity contribution in [2.75, 3.05) is 11.6 Å². The minimum atomic E-state index is 0.205. The molecule has 120 valence electrons. The highest BCUT2D eigenvalue weighted by atomic mass is 35.5.